The second-order valence-electron chi connectivity index (χ2n) is 5.84. The summed E-state index contributed by atoms with van der Waals surface area (Å²) >= 11 is 0. The van der Waals surface area contributed by atoms with Crippen molar-refractivity contribution in [3.05, 3.63) is 72.8 Å². The Morgan fingerprint density at radius 3 is 2.29 bits per heavy atom. The molecule has 0 bridgehead atoms. The van der Waals surface area contributed by atoms with Crippen molar-refractivity contribution >= 4 is 26.5 Å². The molecule has 0 aliphatic carbocycles. The molecule has 1 aliphatic rings. The first-order valence-corrected chi connectivity index (χ1v) is 9.27. The quantitative estimate of drug-likeness (QED) is 0.669. The predicted molar refractivity (Wildman–Crippen MR) is 94.7 cm³/mol. The minimum Gasteiger partial charge on any atom is -0.371 e. The Morgan fingerprint density at radius 2 is 1.58 bits per heavy atom. The van der Waals surface area contributed by atoms with Gasteiger partial charge in [-0.3, -0.25) is 4.31 Å². The maximum atomic E-state index is 13.2. The Morgan fingerprint density at radius 1 is 0.917 bits per heavy atom. The fourth-order valence-corrected chi connectivity index (χ4v) is 4.28. The van der Waals surface area contributed by atoms with Crippen LogP contribution in [-0.2, 0) is 14.8 Å². The van der Waals surface area contributed by atoms with Crippen molar-refractivity contribution in [1.82, 2.24) is 0 Å². The van der Waals surface area contributed by atoms with Gasteiger partial charge in [-0.1, -0.05) is 48.5 Å². The number of nitrogens with zero attached hydrogens (tertiary/aromatic N) is 1. The molecule has 1 saturated heterocycles. The van der Waals surface area contributed by atoms with Gasteiger partial charge in [0.05, 0.1) is 29.8 Å². The molecule has 0 N–H and O–H groups in total. The fourth-order valence-electron chi connectivity index (χ4n) is 2.75. The van der Waals surface area contributed by atoms with E-state index in [1.54, 1.807) is 24.3 Å². The number of fused-ring (bicyclic) bond motifs is 1. The summed E-state index contributed by atoms with van der Waals surface area (Å²) in [5.41, 5.74) is 0.654. The first-order valence-electron chi connectivity index (χ1n) is 7.83. The molecule has 0 radical (unpaired) electrons. The maximum absolute atomic E-state index is 13.2. The van der Waals surface area contributed by atoms with Gasteiger partial charge in [-0.25, -0.2) is 8.42 Å². The number of hydrogen-bond donors (Lipinski definition) is 0. The van der Waals surface area contributed by atoms with Crippen LogP contribution in [0, 0.1) is 0 Å². The standard InChI is InChI=1S/C19H17NO3S/c21-24(22,19-11-10-15-6-4-5-7-16(15)12-19)20(13-18-14-23-18)17-8-2-1-3-9-17/h1-12,18H,13-14H2/t18-/m0/s1. The van der Waals surface area contributed by atoms with Crippen LogP contribution >= 0.6 is 0 Å². The highest BCUT2D eigenvalue weighted by Crippen LogP contribution is 2.28. The van der Waals surface area contributed by atoms with Gasteiger partial charge in [-0.15, -0.1) is 0 Å². The Hall–Kier alpha value is -2.37. The van der Waals surface area contributed by atoms with Crippen LogP contribution in [0.3, 0.4) is 0 Å². The minimum absolute atomic E-state index is 0.0274. The van der Waals surface area contributed by atoms with E-state index in [2.05, 4.69) is 0 Å². The van der Waals surface area contributed by atoms with Gasteiger partial charge in [0.2, 0.25) is 0 Å². The van der Waals surface area contributed by atoms with Crippen LogP contribution < -0.4 is 4.31 Å². The molecule has 5 heteroatoms. The number of ether oxygens (including phenoxy) is 1. The van der Waals surface area contributed by atoms with E-state index in [1.165, 1.54) is 4.31 Å². The lowest BCUT2D eigenvalue weighted by Crippen LogP contribution is -2.34. The fraction of sp³-hybridized carbons (Fsp3) is 0.158. The summed E-state index contributed by atoms with van der Waals surface area (Å²) in [4.78, 5) is 0.297. The molecule has 0 spiro atoms. The van der Waals surface area contributed by atoms with Crippen LogP contribution in [0.15, 0.2) is 77.7 Å². The summed E-state index contributed by atoms with van der Waals surface area (Å²) in [5.74, 6) is 0. The molecule has 122 valence electrons. The van der Waals surface area contributed by atoms with Crippen molar-refractivity contribution in [1.29, 1.82) is 0 Å². The third kappa shape index (κ3) is 2.88. The zero-order valence-electron chi connectivity index (χ0n) is 13.0. The molecule has 0 unspecified atom stereocenters. The summed E-state index contributed by atoms with van der Waals surface area (Å²) in [5, 5.41) is 1.93. The van der Waals surface area contributed by atoms with E-state index in [9.17, 15) is 8.42 Å². The maximum Gasteiger partial charge on any atom is 0.264 e. The molecule has 0 aromatic heterocycles. The lowest BCUT2D eigenvalue weighted by molar-refractivity contribution is 0.412. The van der Waals surface area contributed by atoms with E-state index in [0.717, 1.165) is 10.8 Å². The number of para-hydroxylation sites is 1. The lowest BCUT2D eigenvalue weighted by Gasteiger charge is -2.24. The van der Waals surface area contributed by atoms with E-state index in [4.69, 9.17) is 4.74 Å². The van der Waals surface area contributed by atoms with Gasteiger partial charge in [0.15, 0.2) is 0 Å². The van der Waals surface area contributed by atoms with Crippen LogP contribution in [0.5, 0.6) is 0 Å². The molecular formula is C19H17NO3S. The van der Waals surface area contributed by atoms with Gasteiger partial charge >= 0.3 is 0 Å². The molecule has 0 saturated carbocycles. The van der Waals surface area contributed by atoms with Crippen molar-refractivity contribution in [3.8, 4) is 0 Å². The number of benzene rings is 3. The molecule has 0 amide bonds. The third-order valence-corrected chi connectivity index (χ3v) is 5.91. The molecule has 3 aromatic rings. The normalized spacial score (nSPS) is 16.9. The minimum atomic E-state index is -3.65. The molecule has 1 aliphatic heterocycles. The van der Waals surface area contributed by atoms with Crippen LogP contribution in [0.4, 0.5) is 5.69 Å². The van der Waals surface area contributed by atoms with E-state index in [-0.39, 0.29) is 6.10 Å². The van der Waals surface area contributed by atoms with Crippen LogP contribution in [0.2, 0.25) is 0 Å². The number of epoxide rings is 1. The monoisotopic (exact) mass is 339 g/mol. The van der Waals surface area contributed by atoms with Gasteiger partial charge in [0, 0.05) is 0 Å². The van der Waals surface area contributed by atoms with E-state index in [1.807, 2.05) is 48.5 Å². The van der Waals surface area contributed by atoms with Crippen molar-refractivity contribution in [2.24, 2.45) is 0 Å². The Kier molecular flexibility index (Phi) is 3.75. The zero-order valence-corrected chi connectivity index (χ0v) is 13.8. The number of rotatable bonds is 5. The second kappa shape index (κ2) is 5.92. The average Bonchev–Trinajstić information content (AvgIpc) is 3.44. The highest BCUT2D eigenvalue weighted by Gasteiger charge is 2.33. The molecule has 1 heterocycles. The predicted octanol–water partition coefficient (Wildman–Crippen LogP) is 3.43. The summed E-state index contributed by atoms with van der Waals surface area (Å²) in [6.45, 7) is 0.940. The highest BCUT2D eigenvalue weighted by atomic mass is 32.2. The van der Waals surface area contributed by atoms with Crippen molar-refractivity contribution in [2.75, 3.05) is 17.5 Å². The largest absolute Gasteiger partial charge is 0.371 e. The SMILES string of the molecule is O=S(=O)(c1ccc2ccccc2c1)N(C[C@H]1CO1)c1ccccc1. The molecule has 4 nitrogen and oxygen atoms in total. The topological polar surface area (TPSA) is 49.9 Å². The first kappa shape index (κ1) is 15.2. The van der Waals surface area contributed by atoms with Gasteiger partial charge in [0.25, 0.3) is 10.0 Å². The zero-order chi connectivity index (χ0) is 16.6. The van der Waals surface area contributed by atoms with E-state index < -0.39 is 10.0 Å². The molecule has 1 atom stereocenters. The number of sulfonamides is 1. The lowest BCUT2D eigenvalue weighted by atomic mass is 10.1. The first-order chi connectivity index (χ1) is 11.6. The molecule has 24 heavy (non-hydrogen) atoms. The number of anilines is 1. The molecule has 4 rings (SSSR count). The van der Waals surface area contributed by atoms with Gasteiger partial charge in [-0.05, 0) is 35.0 Å². The van der Waals surface area contributed by atoms with E-state index in [0.29, 0.717) is 23.7 Å². The number of hydrogen-bond acceptors (Lipinski definition) is 3. The van der Waals surface area contributed by atoms with Gasteiger partial charge in [-0.2, -0.15) is 0 Å². The third-order valence-electron chi connectivity index (χ3n) is 4.12. The van der Waals surface area contributed by atoms with E-state index >= 15 is 0 Å². The van der Waals surface area contributed by atoms with Crippen molar-refractivity contribution < 1.29 is 13.2 Å². The summed E-state index contributed by atoms with van der Waals surface area (Å²) in [7, 11) is -3.65. The van der Waals surface area contributed by atoms with Crippen molar-refractivity contribution in [3.63, 3.8) is 0 Å². The highest BCUT2D eigenvalue weighted by molar-refractivity contribution is 7.92. The van der Waals surface area contributed by atoms with Gasteiger partial charge < -0.3 is 4.74 Å². The Balaban J connectivity index is 1.79. The summed E-state index contributed by atoms with van der Waals surface area (Å²) in [6, 6.07) is 22.2. The van der Waals surface area contributed by atoms with Crippen LogP contribution in [0.1, 0.15) is 0 Å². The van der Waals surface area contributed by atoms with Crippen LogP contribution in [-0.4, -0.2) is 27.7 Å². The summed E-state index contributed by atoms with van der Waals surface area (Å²) < 4.78 is 33.1. The molecule has 3 aromatic carbocycles. The Bertz CT molecular complexity index is 966. The average molecular weight is 339 g/mol. The second-order valence-corrected chi connectivity index (χ2v) is 7.70. The van der Waals surface area contributed by atoms with Gasteiger partial charge in [0.1, 0.15) is 0 Å². The summed E-state index contributed by atoms with van der Waals surface area (Å²) in [6.07, 6.45) is -0.0274. The molecule has 1 fully saturated rings. The smallest absolute Gasteiger partial charge is 0.264 e. The van der Waals surface area contributed by atoms with Crippen LogP contribution in [0.25, 0.3) is 10.8 Å². The van der Waals surface area contributed by atoms with Crippen molar-refractivity contribution in [2.45, 2.75) is 11.0 Å². The Labute approximate surface area is 141 Å². The molecular weight excluding hydrogens is 322 g/mol.